The predicted molar refractivity (Wildman–Crippen MR) is 246 cm³/mol. The molecule has 0 radical (unpaired) electrons. The van der Waals surface area contributed by atoms with E-state index in [1.54, 1.807) is 11.3 Å². The lowest BCUT2D eigenvalue weighted by Gasteiger charge is -2.14. The van der Waals surface area contributed by atoms with E-state index in [9.17, 15) is 0 Å². The summed E-state index contributed by atoms with van der Waals surface area (Å²) in [5.41, 5.74) is 7.57. The minimum atomic E-state index is 0.572. The van der Waals surface area contributed by atoms with Crippen molar-refractivity contribution < 1.29 is 4.42 Å². The van der Waals surface area contributed by atoms with E-state index in [2.05, 4.69) is 174 Å². The van der Waals surface area contributed by atoms with Crippen molar-refractivity contribution in [3.05, 3.63) is 182 Å². The molecule has 0 amide bonds. The summed E-state index contributed by atoms with van der Waals surface area (Å²) in [4.78, 5) is 15.9. The summed E-state index contributed by atoms with van der Waals surface area (Å²) in [7, 11) is 0. The van der Waals surface area contributed by atoms with Gasteiger partial charge in [0, 0.05) is 53.0 Å². The van der Waals surface area contributed by atoms with Crippen LogP contribution in [-0.4, -0.2) is 19.5 Å². The molecule has 0 spiro atoms. The van der Waals surface area contributed by atoms with Crippen LogP contribution in [0.2, 0.25) is 0 Å². The molecule has 6 heteroatoms. The molecule has 59 heavy (non-hydrogen) atoms. The normalized spacial score (nSPS) is 12.1. The molecule has 0 saturated heterocycles. The molecule has 0 aliphatic carbocycles. The number of aromatic nitrogens is 4. The summed E-state index contributed by atoms with van der Waals surface area (Å²) in [6, 6.07) is 64.4. The number of hydrogen-bond donors (Lipinski definition) is 0. The molecule has 0 unspecified atom stereocenters. The second-order valence-corrected chi connectivity index (χ2v) is 16.3. The minimum absolute atomic E-state index is 0.572. The van der Waals surface area contributed by atoms with Crippen LogP contribution in [0.15, 0.2) is 186 Å². The molecule has 0 N–H and O–H groups in total. The van der Waals surface area contributed by atoms with Crippen molar-refractivity contribution in [2.24, 2.45) is 0 Å². The molecule has 5 nitrogen and oxygen atoms in total. The first-order chi connectivity index (χ1) is 29.2. The molecule has 13 aromatic rings. The van der Waals surface area contributed by atoms with E-state index in [4.69, 9.17) is 19.4 Å². The van der Waals surface area contributed by atoms with Gasteiger partial charge in [0.25, 0.3) is 0 Å². The Kier molecular flexibility index (Phi) is 6.82. The summed E-state index contributed by atoms with van der Waals surface area (Å²) < 4.78 is 11.6. The second kappa shape index (κ2) is 12.4. The van der Waals surface area contributed by atoms with Gasteiger partial charge in [-0.2, -0.15) is 0 Å². The Hall–Kier alpha value is -7.67. The van der Waals surface area contributed by atoms with E-state index in [0.29, 0.717) is 17.5 Å². The van der Waals surface area contributed by atoms with Crippen molar-refractivity contribution in [3.63, 3.8) is 0 Å². The SMILES string of the molecule is c1ccc2cc3c(cc2c1)c1ccccc1n3-c1cc(-c2nc(-c3ccc4sc5ccccc5c4c3)nc(-c3cccc4ccccc34)n2)cc2oc3ccccc3c12. The average molecular weight is 771 g/mol. The molecule has 4 heterocycles. The van der Waals surface area contributed by atoms with Crippen LogP contribution in [0.1, 0.15) is 0 Å². The van der Waals surface area contributed by atoms with Crippen molar-refractivity contribution in [2.45, 2.75) is 0 Å². The summed E-state index contributed by atoms with van der Waals surface area (Å²) in [5, 5.41) is 11.5. The monoisotopic (exact) mass is 770 g/mol. The van der Waals surface area contributed by atoms with E-state index in [1.807, 2.05) is 12.1 Å². The van der Waals surface area contributed by atoms with Crippen molar-refractivity contribution >= 4 is 96.8 Å². The van der Waals surface area contributed by atoms with Gasteiger partial charge in [-0.1, -0.05) is 121 Å². The highest BCUT2D eigenvalue weighted by Crippen LogP contribution is 2.43. The van der Waals surface area contributed by atoms with Gasteiger partial charge in [-0.05, 0) is 82.2 Å². The van der Waals surface area contributed by atoms with Crippen LogP contribution in [0.25, 0.3) is 125 Å². The lowest BCUT2D eigenvalue weighted by Crippen LogP contribution is -2.02. The first kappa shape index (κ1) is 32.4. The number of thiophene rings is 1. The first-order valence-electron chi connectivity index (χ1n) is 19.8. The van der Waals surface area contributed by atoms with Gasteiger partial charge in [-0.25, -0.2) is 15.0 Å². The lowest BCUT2D eigenvalue weighted by molar-refractivity contribution is 0.669. The highest BCUT2D eigenvalue weighted by molar-refractivity contribution is 7.25. The fraction of sp³-hybridized carbons (Fsp3) is 0. The average Bonchev–Trinajstić information content (AvgIpc) is 3.96. The summed E-state index contributed by atoms with van der Waals surface area (Å²) in [5.74, 6) is 1.80. The number of nitrogens with zero attached hydrogens (tertiary/aromatic N) is 4. The van der Waals surface area contributed by atoms with Gasteiger partial charge >= 0.3 is 0 Å². The second-order valence-electron chi connectivity index (χ2n) is 15.2. The van der Waals surface area contributed by atoms with Crippen molar-refractivity contribution in [3.8, 4) is 39.9 Å². The zero-order valence-corrected chi connectivity index (χ0v) is 32.2. The van der Waals surface area contributed by atoms with Gasteiger partial charge in [-0.3, -0.25) is 0 Å². The fourth-order valence-electron chi connectivity index (χ4n) is 9.09. The van der Waals surface area contributed by atoms with Crippen molar-refractivity contribution in [1.82, 2.24) is 19.5 Å². The molecule has 13 rings (SSSR count). The molecule has 0 fully saturated rings. The van der Waals surface area contributed by atoms with E-state index in [-0.39, 0.29) is 0 Å². The zero-order valence-electron chi connectivity index (χ0n) is 31.4. The lowest BCUT2D eigenvalue weighted by atomic mass is 10.0. The topological polar surface area (TPSA) is 56.7 Å². The summed E-state index contributed by atoms with van der Waals surface area (Å²) in [6.45, 7) is 0. The molecule has 274 valence electrons. The Bertz CT molecular complexity index is 3870. The number of rotatable bonds is 4. The molecule has 0 bridgehead atoms. The quantitative estimate of drug-likeness (QED) is 0.179. The predicted octanol–water partition coefficient (Wildman–Crippen LogP) is 14.5. The van der Waals surface area contributed by atoms with E-state index < -0.39 is 0 Å². The number of hydrogen-bond acceptors (Lipinski definition) is 5. The highest BCUT2D eigenvalue weighted by Gasteiger charge is 2.22. The third kappa shape index (κ3) is 4.94. The van der Waals surface area contributed by atoms with Crippen LogP contribution >= 0.6 is 11.3 Å². The molecule has 0 aliphatic heterocycles. The standard InChI is InChI=1S/C53H30N4OS/c1-2-14-33-28-44-41(26-32(33)13-1)37-17-5-8-21-43(37)57(44)45-29-35(30-47-50(45)40-19-6-9-22-46(40)58-47)52-54-51(34-24-25-49-42(27-34)38-18-7-10-23-48(38)59-49)55-53(56-52)39-20-11-15-31-12-3-4-16-36(31)39/h1-30H. The Morgan fingerprint density at radius 1 is 0.390 bits per heavy atom. The van der Waals surface area contributed by atoms with Crippen LogP contribution in [-0.2, 0) is 0 Å². The Morgan fingerprint density at radius 3 is 1.93 bits per heavy atom. The zero-order chi connectivity index (χ0) is 38.6. The minimum Gasteiger partial charge on any atom is -0.456 e. The smallest absolute Gasteiger partial charge is 0.164 e. The van der Waals surface area contributed by atoms with Gasteiger partial charge in [-0.15, -0.1) is 11.3 Å². The van der Waals surface area contributed by atoms with E-state index in [0.717, 1.165) is 66.1 Å². The van der Waals surface area contributed by atoms with Crippen LogP contribution in [0.3, 0.4) is 0 Å². The fourth-order valence-corrected chi connectivity index (χ4v) is 10.2. The molecule has 0 saturated carbocycles. The summed E-state index contributed by atoms with van der Waals surface area (Å²) >= 11 is 1.81. The van der Waals surface area contributed by atoms with Gasteiger partial charge in [0.2, 0.25) is 0 Å². The first-order valence-corrected chi connectivity index (χ1v) is 20.6. The van der Waals surface area contributed by atoms with Gasteiger partial charge in [0.1, 0.15) is 11.2 Å². The van der Waals surface area contributed by atoms with Crippen molar-refractivity contribution in [1.29, 1.82) is 0 Å². The van der Waals surface area contributed by atoms with Crippen LogP contribution in [0.5, 0.6) is 0 Å². The molecular formula is C53H30N4OS. The van der Waals surface area contributed by atoms with Gasteiger partial charge < -0.3 is 8.98 Å². The Balaban J connectivity index is 1.12. The maximum Gasteiger partial charge on any atom is 0.164 e. The largest absolute Gasteiger partial charge is 0.456 e. The number of benzene rings is 9. The molecular weight excluding hydrogens is 741 g/mol. The third-order valence-corrected chi connectivity index (χ3v) is 12.9. The molecule has 9 aromatic carbocycles. The highest BCUT2D eigenvalue weighted by atomic mass is 32.1. The Labute approximate surface area is 341 Å². The van der Waals surface area contributed by atoms with E-state index in [1.165, 1.54) is 41.7 Å². The molecule has 0 aliphatic rings. The van der Waals surface area contributed by atoms with Crippen LogP contribution < -0.4 is 0 Å². The maximum atomic E-state index is 6.73. The van der Waals surface area contributed by atoms with Crippen LogP contribution in [0.4, 0.5) is 0 Å². The Morgan fingerprint density at radius 2 is 1.05 bits per heavy atom. The van der Waals surface area contributed by atoms with Gasteiger partial charge in [0.05, 0.1) is 22.1 Å². The van der Waals surface area contributed by atoms with Gasteiger partial charge in [0.15, 0.2) is 17.5 Å². The summed E-state index contributed by atoms with van der Waals surface area (Å²) in [6.07, 6.45) is 0. The van der Waals surface area contributed by atoms with Crippen molar-refractivity contribution in [2.75, 3.05) is 0 Å². The molecule has 4 aromatic heterocycles. The maximum absolute atomic E-state index is 6.73. The number of fused-ring (bicyclic) bond motifs is 11. The number of para-hydroxylation sites is 2. The van der Waals surface area contributed by atoms with Crippen LogP contribution in [0, 0.1) is 0 Å². The van der Waals surface area contributed by atoms with E-state index >= 15 is 0 Å². The number of furan rings is 1. The third-order valence-electron chi connectivity index (χ3n) is 11.8. The molecule has 0 atom stereocenters.